The summed E-state index contributed by atoms with van der Waals surface area (Å²) in [4.78, 5) is 13.5. The lowest BCUT2D eigenvalue weighted by Gasteiger charge is -2.36. The molecule has 6 nitrogen and oxygen atoms in total. The lowest BCUT2D eigenvalue weighted by atomic mass is 10.0. The Balaban J connectivity index is 2.05. The molecule has 0 N–H and O–H groups in total. The van der Waals surface area contributed by atoms with Crippen LogP contribution in [0.15, 0.2) is 12.5 Å². The van der Waals surface area contributed by atoms with E-state index in [1.54, 1.807) is 11.9 Å². The van der Waals surface area contributed by atoms with Crippen LogP contribution >= 0.6 is 11.6 Å². The number of aromatic nitrogens is 3. The molecule has 23 heavy (non-hydrogen) atoms. The molecule has 0 amide bonds. The molecule has 1 saturated heterocycles. The van der Waals surface area contributed by atoms with E-state index < -0.39 is 12.0 Å². The molecule has 0 aliphatic carbocycles. The van der Waals surface area contributed by atoms with E-state index in [4.69, 9.17) is 21.1 Å². The molecule has 1 unspecified atom stereocenters. The molecule has 3 heterocycles. The molecule has 1 fully saturated rings. The predicted molar refractivity (Wildman–Crippen MR) is 80.4 cm³/mol. The Morgan fingerprint density at radius 3 is 2.83 bits per heavy atom. The average molecular weight is 345 g/mol. The van der Waals surface area contributed by atoms with Crippen molar-refractivity contribution in [1.29, 1.82) is 0 Å². The zero-order chi connectivity index (χ0) is 16.6. The van der Waals surface area contributed by atoms with Crippen molar-refractivity contribution in [2.45, 2.75) is 18.4 Å². The third-order valence-corrected chi connectivity index (χ3v) is 4.02. The second-order valence-corrected chi connectivity index (χ2v) is 5.77. The number of ether oxygens (including phenoxy) is 2. The van der Waals surface area contributed by atoms with Crippen LogP contribution in [0.2, 0.25) is 5.15 Å². The summed E-state index contributed by atoms with van der Waals surface area (Å²) in [6, 6.07) is 0. The van der Waals surface area contributed by atoms with Crippen LogP contribution in [0, 0.1) is 0 Å². The second kappa shape index (κ2) is 6.01. The summed E-state index contributed by atoms with van der Waals surface area (Å²) in [7, 11) is 3.03. The molecule has 0 spiro atoms. The molecule has 0 aromatic carbocycles. The van der Waals surface area contributed by atoms with E-state index in [-0.39, 0.29) is 29.7 Å². The molecule has 0 saturated carbocycles. The van der Waals surface area contributed by atoms with Gasteiger partial charge in [-0.1, -0.05) is 11.6 Å². The fraction of sp³-hybridized carbons (Fsp3) is 0.500. The first kappa shape index (κ1) is 16.1. The Labute approximate surface area is 136 Å². The molecule has 2 aromatic rings. The van der Waals surface area contributed by atoms with Crippen molar-refractivity contribution in [2.75, 3.05) is 27.2 Å². The van der Waals surface area contributed by atoms with E-state index in [9.17, 15) is 8.78 Å². The molecule has 2 aromatic heterocycles. The van der Waals surface area contributed by atoms with E-state index in [0.717, 1.165) is 0 Å². The Hall–Kier alpha value is -1.80. The summed E-state index contributed by atoms with van der Waals surface area (Å²) < 4.78 is 39.2. The minimum Gasteiger partial charge on any atom is -0.478 e. The quantitative estimate of drug-likeness (QED) is 0.797. The maximum atomic E-state index is 14.2. The standard InChI is InChI=1S/C14H15ClF2N4O2/c1-21-4-3-9(14(16,17)6-21)23-11-10-8(5-18-13(11)22-2)19-7-20-12(10)15/h5,7,9H,3-4,6H2,1-2H3. The van der Waals surface area contributed by atoms with Gasteiger partial charge >= 0.3 is 0 Å². The van der Waals surface area contributed by atoms with Crippen LogP contribution in [0.3, 0.4) is 0 Å². The van der Waals surface area contributed by atoms with Crippen LogP contribution in [0.25, 0.3) is 10.9 Å². The number of rotatable bonds is 3. The van der Waals surface area contributed by atoms with Gasteiger partial charge < -0.3 is 14.4 Å². The summed E-state index contributed by atoms with van der Waals surface area (Å²) in [5.41, 5.74) is 0.400. The highest BCUT2D eigenvalue weighted by atomic mass is 35.5. The molecular formula is C14H15ClF2N4O2. The smallest absolute Gasteiger partial charge is 0.296 e. The number of pyridine rings is 1. The van der Waals surface area contributed by atoms with Crippen LogP contribution in [0.4, 0.5) is 8.78 Å². The first-order chi connectivity index (χ1) is 10.9. The monoisotopic (exact) mass is 344 g/mol. The molecule has 1 aliphatic rings. The van der Waals surface area contributed by atoms with Crippen molar-refractivity contribution < 1.29 is 18.3 Å². The summed E-state index contributed by atoms with van der Waals surface area (Å²) in [5.74, 6) is -2.88. The zero-order valence-corrected chi connectivity index (χ0v) is 13.3. The normalized spacial score (nSPS) is 21.3. The number of likely N-dealkylation sites (tertiary alicyclic amines) is 1. The van der Waals surface area contributed by atoms with E-state index in [2.05, 4.69) is 15.0 Å². The van der Waals surface area contributed by atoms with Crippen LogP contribution in [0.5, 0.6) is 11.6 Å². The van der Waals surface area contributed by atoms with E-state index in [1.807, 2.05) is 0 Å². The summed E-state index contributed by atoms with van der Waals surface area (Å²) in [6.45, 7) is 0.132. The Morgan fingerprint density at radius 2 is 2.13 bits per heavy atom. The Kier molecular flexibility index (Phi) is 4.20. The number of fused-ring (bicyclic) bond motifs is 1. The summed E-state index contributed by atoms with van der Waals surface area (Å²) in [5, 5.41) is 0.415. The van der Waals surface area contributed by atoms with Crippen molar-refractivity contribution in [2.24, 2.45) is 0 Å². The minimum absolute atomic E-state index is 0.0461. The zero-order valence-electron chi connectivity index (χ0n) is 12.6. The molecule has 3 rings (SSSR count). The van der Waals surface area contributed by atoms with Gasteiger partial charge in [-0.3, -0.25) is 0 Å². The maximum absolute atomic E-state index is 14.2. The molecule has 1 aliphatic heterocycles. The number of hydrogen-bond donors (Lipinski definition) is 0. The van der Waals surface area contributed by atoms with Crippen molar-refractivity contribution in [3.05, 3.63) is 17.7 Å². The first-order valence-corrected chi connectivity index (χ1v) is 7.36. The summed E-state index contributed by atoms with van der Waals surface area (Å²) in [6.07, 6.45) is 1.58. The molecule has 0 radical (unpaired) electrons. The SMILES string of the molecule is COc1ncc2ncnc(Cl)c2c1OC1CCN(C)CC1(F)F. The van der Waals surface area contributed by atoms with E-state index >= 15 is 0 Å². The van der Waals surface area contributed by atoms with Gasteiger partial charge in [0.1, 0.15) is 11.5 Å². The van der Waals surface area contributed by atoms with E-state index in [0.29, 0.717) is 17.4 Å². The largest absolute Gasteiger partial charge is 0.478 e. The fourth-order valence-electron chi connectivity index (χ4n) is 2.60. The van der Waals surface area contributed by atoms with Crippen LogP contribution < -0.4 is 9.47 Å². The predicted octanol–water partition coefficient (Wildman–Crippen LogP) is 2.41. The first-order valence-electron chi connectivity index (χ1n) is 6.98. The van der Waals surface area contributed by atoms with Gasteiger partial charge in [-0.05, 0) is 7.05 Å². The van der Waals surface area contributed by atoms with Gasteiger partial charge in [0.25, 0.3) is 11.8 Å². The van der Waals surface area contributed by atoms with Crippen molar-refractivity contribution in [3.8, 4) is 11.6 Å². The lowest BCUT2D eigenvalue weighted by molar-refractivity contribution is -0.135. The second-order valence-electron chi connectivity index (χ2n) is 5.42. The highest BCUT2D eigenvalue weighted by Gasteiger charge is 2.46. The number of alkyl halides is 2. The number of piperidine rings is 1. The molecule has 1 atom stereocenters. The molecule has 0 bridgehead atoms. The third kappa shape index (κ3) is 3.00. The minimum atomic E-state index is -3.00. The van der Waals surface area contributed by atoms with Crippen LogP contribution in [-0.2, 0) is 0 Å². The average Bonchev–Trinajstić information content (AvgIpc) is 2.49. The topological polar surface area (TPSA) is 60.4 Å². The van der Waals surface area contributed by atoms with Crippen LogP contribution in [0.1, 0.15) is 6.42 Å². The fourth-order valence-corrected chi connectivity index (χ4v) is 2.83. The number of halogens is 3. The lowest BCUT2D eigenvalue weighted by Crippen LogP contribution is -2.52. The van der Waals surface area contributed by atoms with E-state index in [1.165, 1.54) is 19.6 Å². The summed E-state index contributed by atoms with van der Waals surface area (Å²) >= 11 is 6.09. The highest BCUT2D eigenvalue weighted by Crippen LogP contribution is 2.39. The van der Waals surface area contributed by atoms with Crippen LogP contribution in [-0.4, -0.2) is 59.1 Å². The highest BCUT2D eigenvalue weighted by molar-refractivity contribution is 6.34. The number of methoxy groups -OCH3 is 1. The Bertz CT molecular complexity index is 731. The van der Waals surface area contributed by atoms with Gasteiger partial charge in [0, 0.05) is 13.0 Å². The maximum Gasteiger partial charge on any atom is 0.296 e. The van der Waals surface area contributed by atoms with Gasteiger partial charge in [0.15, 0.2) is 11.9 Å². The number of nitrogens with zero attached hydrogens (tertiary/aromatic N) is 4. The molecular weight excluding hydrogens is 330 g/mol. The van der Waals surface area contributed by atoms with Gasteiger partial charge in [0.05, 0.1) is 30.8 Å². The van der Waals surface area contributed by atoms with Gasteiger partial charge in [-0.15, -0.1) is 0 Å². The Morgan fingerprint density at radius 1 is 1.35 bits per heavy atom. The molecule has 124 valence electrons. The van der Waals surface area contributed by atoms with Gasteiger partial charge in [-0.25, -0.2) is 23.7 Å². The third-order valence-electron chi connectivity index (χ3n) is 3.73. The van der Waals surface area contributed by atoms with Gasteiger partial charge in [-0.2, -0.15) is 0 Å². The number of hydrogen-bond acceptors (Lipinski definition) is 6. The van der Waals surface area contributed by atoms with Crippen molar-refractivity contribution >= 4 is 22.5 Å². The molecule has 9 heteroatoms. The van der Waals surface area contributed by atoms with Crippen molar-refractivity contribution in [3.63, 3.8) is 0 Å². The van der Waals surface area contributed by atoms with Gasteiger partial charge in [0.2, 0.25) is 0 Å². The van der Waals surface area contributed by atoms with Crippen molar-refractivity contribution in [1.82, 2.24) is 19.9 Å².